The first kappa shape index (κ1) is 13.0. The summed E-state index contributed by atoms with van der Waals surface area (Å²) in [6.45, 7) is 6.79. The van der Waals surface area contributed by atoms with E-state index in [2.05, 4.69) is 5.32 Å². The Bertz CT molecular complexity index is 255. The first-order chi connectivity index (χ1) is 7.61. The summed E-state index contributed by atoms with van der Waals surface area (Å²) in [5.74, 6) is 0.314. The van der Waals surface area contributed by atoms with Crippen molar-refractivity contribution in [2.24, 2.45) is 5.92 Å². The molecule has 16 heavy (non-hydrogen) atoms. The van der Waals surface area contributed by atoms with Crippen LogP contribution in [-0.4, -0.2) is 35.8 Å². The van der Waals surface area contributed by atoms with Gasteiger partial charge in [0.2, 0.25) is 12.3 Å². The van der Waals surface area contributed by atoms with Crippen LogP contribution in [0.5, 0.6) is 0 Å². The van der Waals surface area contributed by atoms with Crippen LogP contribution in [-0.2, 0) is 9.59 Å². The van der Waals surface area contributed by atoms with E-state index in [1.165, 1.54) is 0 Å². The average molecular weight is 226 g/mol. The van der Waals surface area contributed by atoms with Gasteiger partial charge in [0.15, 0.2) is 0 Å². The van der Waals surface area contributed by atoms with E-state index in [1.54, 1.807) is 0 Å². The lowest BCUT2D eigenvalue weighted by molar-refractivity contribution is -0.136. The summed E-state index contributed by atoms with van der Waals surface area (Å²) in [5.41, 5.74) is 0. The molecular weight excluding hydrogens is 204 g/mol. The minimum atomic E-state index is 0.0491. The number of likely N-dealkylation sites (tertiary alicyclic amines) is 1. The van der Waals surface area contributed by atoms with Crippen LogP contribution in [0.25, 0.3) is 0 Å². The van der Waals surface area contributed by atoms with E-state index in [0.717, 1.165) is 32.2 Å². The zero-order valence-electron chi connectivity index (χ0n) is 10.4. The Balaban J connectivity index is 2.64. The number of carbonyl (C=O) groups is 2. The highest BCUT2D eigenvalue weighted by atomic mass is 16.2. The molecule has 0 aliphatic carbocycles. The average Bonchev–Trinajstić information content (AvgIpc) is 2.76. The van der Waals surface area contributed by atoms with E-state index < -0.39 is 0 Å². The van der Waals surface area contributed by atoms with E-state index >= 15 is 0 Å². The minimum absolute atomic E-state index is 0.0491. The fourth-order valence-corrected chi connectivity index (χ4v) is 2.26. The third-order valence-electron chi connectivity index (χ3n) is 3.52. The predicted octanol–water partition coefficient (Wildman–Crippen LogP) is 1.16. The van der Waals surface area contributed by atoms with Crippen LogP contribution in [0, 0.1) is 5.92 Å². The summed E-state index contributed by atoms with van der Waals surface area (Å²) in [4.78, 5) is 24.5. The van der Waals surface area contributed by atoms with E-state index in [0.29, 0.717) is 0 Å². The van der Waals surface area contributed by atoms with Crippen molar-refractivity contribution >= 4 is 12.3 Å². The Morgan fingerprint density at radius 2 is 2.25 bits per heavy atom. The molecule has 0 aromatic heterocycles. The number of hydrogen-bond acceptors (Lipinski definition) is 2. The second kappa shape index (κ2) is 5.87. The van der Waals surface area contributed by atoms with E-state index in [9.17, 15) is 9.59 Å². The molecule has 0 radical (unpaired) electrons. The monoisotopic (exact) mass is 226 g/mol. The molecule has 4 nitrogen and oxygen atoms in total. The molecule has 0 spiro atoms. The van der Waals surface area contributed by atoms with Crippen molar-refractivity contribution < 1.29 is 9.59 Å². The summed E-state index contributed by atoms with van der Waals surface area (Å²) in [6, 6.07) is 0.222. The van der Waals surface area contributed by atoms with Gasteiger partial charge in [0, 0.05) is 18.5 Å². The van der Waals surface area contributed by atoms with E-state index in [1.807, 2.05) is 25.7 Å². The van der Waals surface area contributed by atoms with Gasteiger partial charge in [-0.15, -0.1) is 0 Å². The van der Waals surface area contributed by atoms with E-state index in [4.69, 9.17) is 0 Å². The fraction of sp³-hybridized carbons (Fsp3) is 0.833. The van der Waals surface area contributed by atoms with Crippen molar-refractivity contribution in [3.63, 3.8) is 0 Å². The molecule has 1 heterocycles. The van der Waals surface area contributed by atoms with Crippen molar-refractivity contribution in [1.29, 1.82) is 0 Å². The zero-order chi connectivity index (χ0) is 12.1. The smallest absolute Gasteiger partial charge is 0.225 e. The highest BCUT2D eigenvalue weighted by Crippen LogP contribution is 2.23. The maximum Gasteiger partial charge on any atom is 0.225 e. The van der Waals surface area contributed by atoms with Crippen LogP contribution in [0.3, 0.4) is 0 Å². The Labute approximate surface area is 97.4 Å². The maximum atomic E-state index is 12.1. The molecule has 2 unspecified atom stereocenters. The molecule has 1 fully saturated rings. The Morgan fingerprint density at radius 1 is 1.56 bits per heavy atom. The molecule has 1 aliphatic heterocycles. The predicted molar refractivity (Wildman–Crippen MR) is 62.9 cm³/mol. The first-order valence-corrected chi connectivity index (χ1v) is 6.12. The molecule has 0 saturated carbocycles. The van der Waals surface area contributed by atoms with Crippen LogP contribution in [0.15, 0.2) is 0 Å². The normalized spacial score (nSPS) is 23.9. The molecular formula is C12H22N2O2. The SMILES string of the molecule is CCC(C)C(=O)N1CCCC1[C@H](C)NC=O. The van der Waals surface area contributed by atoms with Crippen LogP contribution in [0.2, 0.25) is 0 Å². The molecule has 1 N–H and O–H groups in total. The van der Waals surface area contributed by atoms with Crippen molar-refractivity contribution in [2.45, 2.75) is 52.1 Å². The van der Waals surface area contributed by atoms with Crippen molar-refractivity contribution in [3.05, 3.63) is 0 Å². The summed E-state index contributed by atoms with van der Waals surface area (Å²) in [6.07, 6.45) is 3.62. The standard InChI is InChI=1S/C12H22N2O2/c1-4-9(2)12(16)14-7-5-6-11(14)10(3)13-8-15/h8-11H,4-7H2,1-3H3,(H,13,15)/t9?,10-,11?/m0/s1. The summed E-state index contributed by atoms with van der Waals surface area (Å²) < 4.78 is 0. The Kier molecular flexibility index (Phi) is 4.77. The van der Waals surface area contributed by atoms with Gasteiger partial charge in [0.05, 0.1) is 6.04 Å². The number of rotatable bonds is 5. The quantitative estimate of drug-likeness (QED) is 0.715. The Morgan fingerprint density at radius 3 is 2.81 bits per heavy atom. The number of amides is 2. The molecule has 1 rings (SSSR count). The second-order valence-electron chi connectivity index (χ2n) is 4.62. The van der Waals surface area contributed by atoms with Gasteiger partial charge in [-0.3, -0.25) is 9.59 Å². The van der Waals surface area contributed by atoms with Crippen LogP contribution >= 0.6 is 0 Å². The number of carbonyl (C=O) groups excluding carboxylic acids is 2. The highest BCUT2D eigenvalue weighted by Gasteiger charge is 2.33. The van der Waals surface area contributed by atoms with Gasteiger partial charge in [0.25, 0.3) is 0 Å². The molecule has 0 aromatic rings. The first-order valence-electron chi connectivity index (χ1n) is 6.12. The largest absolute Gasteiger partial charge is 0.354 e. The maximum absolute atomic E-state index is 12.1. The molecule has 4 heteroatoms. The van der Waals surface area contributed by atoms with Gasteiger partial charge in [-0.25, -0.2) is 0 Å². The topological polar surface area (TPSA) is 49.4 Å². The lowest BCUT2D eigenvalue weighted by Crippen LogP contribution is -2.48. The van der Waals surface area contributed by atoms with Gasteiger partial charge in [-0.1, -0.05) is 13.8 Å². The number of hydrogen-bond donors (Lipinski definition) is 1. The summed E-state index contributed by atoms with van der Waals surface area (Å²) >= 11 is 0. The lowest BCUT2D eigenvalue weighted by Gasteiger charge is -2.31. The summed E-state index contributed by atoms with van der Waals surface area (Å²) in [5, 5.41) is 2.75. The van der Waals surface area contributed by atoms with Crippen LogP contribution < -0.4 is 5.32 Å². The van der Waals surface area contributed by atoms with Gasteiger partial charge in [-0.05, 0) is 26.2 Å². The molecule has 1 aliphatic rings. The van der Waals surface area contributed by atoms with E-state index in [-0.39, 0.29) is 23.9 Å². The molecule has 0 aromatic carbocycles. The minimum Gasteiger partial charge on any atom is -0.354 e. The third-order valence-corrected chi connectivity index (χ3v) is 3.52. The molecule has 1 saturated heterocycles. The van der Waals surface area contributed by atoms with Crippen molar-refractivity contribution in [3.8, 4) is 0 Å². The summed E-state index contributed by atoms with van der Waals surface area (Å²) in [7, 11) is 0. The van der Waals surface area contributed by atoms with Gasteiger partial charge < -0.3 is 10.2 Å². The molecule has 3 atom stereocenters. The number of nitrogens with one attached hydrogen (secondary N) is 1. The lowest BCUT2D eigenvalue weighted by atomic mass is 10.0. The van der Waals surface area contributed by atoms with Gasteiger partial charge >= 0.3 is 0 Å². The Hall–Kier alpha value is -1.06. The second-order valence-corrected chi connectivity index (χ2v) is 4.62. The molecule has 2 amide bonds. The van der Waals surface area contributed by atoms with Crippen LogP contribution in [0.4, 0.5) is 0 Å². The van der Waals surface area contributed by atoms with Crippen molar-refractivity contribution in [1.82, 2.24) is 10.2 Å². The zero-order valence-corrected chi connectivity index (χ0v) is 10.4. The van der Waals surface area contributed by atoms with Gasteiger partial charge in [0.1, 0.15) is 0 Å². The molecule has 0 bridgehead atoms. The van der Waals surface area contributed by atoms with Gasteiger partial charge in [-0.2, -0.15) is 0 Å². The molecule has 92 valence electrons. The third kappa shape index (κ3) is 2.74. The van der Waals surface area contributed by atoms with Crippen LogP contribution in [0.1, 0.15) is 40.0 Å². The highest BCUT2D eigenvalue weighted by molar-refractivity contribution is 5.79. The number of nitrogens with zero attached hydrogens (tertiary/aromatic N) is 1. The van der Waals surface area contributed by atoms with Crippen molar-refractivity contribution in [2.75, 3.05) is 6.54 Å². The fourth-order valence-electron chi connectivity index (χ4n) is 2.26.